The topological polar surface area (TPSA) is 80.3 Å². The van der Waals surface area contributed by atoms with Gasteiger partial charge in [0, 0.05) is 30.5 Å². The molecule has 2 N–H and O–H groups in total. The van der Waals surface area contributed by atoms with Crippen LogP contribution in [0, 0.1) is 6.92 Å². The maximum Gasteiger partial charge on any atom is 0.306 e. The number of hydrogen-bond acceptors (Lipinski definition) is 6. The molecule has 28 heavy (non-hydrogen) atoms. The second-order valence-corrected chi connectivity index (χ2v) is 7.18. The Bertz CT molecular complexity index is 1090. The van der Waals surface area contributed by atoms with Gasteiger partial charge in [0.1, 0.15) is 17.7 Å². The van der Waals surface area contributed by atoms with E-state index in [0.717, 1.165) is 48.6 Å². The first kappa shape index (κ1) is 16.9. The Morgan fingerprint density at radius 2 is 2.07 bits per heavy atom. The lowest BCUT2D eigenvalue weighted by atomic mass is 10.1. The summed E-state index contributed by atoms with van der Waals surface area (Å²) >= 11 is 0. The van der Waals surface area contributed by atoms with Crippen molar-refractivity contribution in [3.63, 3.8) is 0 Å². The third kappa shape index (κ3) is 3.14. The highest BCUT2D eigenvalue weighted by molar-refractivity contribution is 5.79. The number of hydrogen-bond donors (Lipinski definition) is 2. The van der Waals surface area contributed by atoms with Crippen molar-refractivity contribution < 1.29 is 4.42 Å². The second kappa shape index (κ2) is 7.09. The highest BCUT2D eigenvalue weighted by atomic mass is 16.3. The van der Waals surface area contributed by atoms with Gasteiger partial charge >= 0.3 is 5.84 Å². The fourth-order valence-corrected chi connectivity index (χ4v) is 3.66. The molecule has 0 bridgehead atoms. The van der Waals surface area contributed by atoms with E-state index in [2.05, 4.69) is 46.8 Å². The largest absolute Gasteiger partial charge is 0.432 e. The molecule has 1 unspecified atom stereocenters. The molecule has 0 radical (unpaired) electrons. The predicted molar refractivity (Wildman–Crippen MR) is 108 cm³/mol. The van der Waals surface area contributed by atoms with Crippen LogP contribution in [0.1, 0.15) is 18.4 Å². The zero-order chi connectivity index (χ0) is 18.9. The van der Waals surface area contributed by atoms with E-state index < -0.39 is 0 Å². The Morgan fingerprint density at radius 3 is 2.89 bits per heavy atom. The van der Waals surface area contributed by atoms with Crippen LogP contribution in [0.4, 0.5) is 5.95 Å². The van der Waals surface area contributed by atoms with Crippen molar-refractivity contribution in [1.29, 1.82) is 0 Å². The van der Waals surface area contributed by atoms with Gasteiger partial charge in [0.05, 0.1) is 5.69 Å². The number of piperidine rings is 1. The van der Waals surface area contributed by atoms with Crippen molar-refractivity contribution in [3.05, 3.63) is 54.6 Å². The quantitative estimate of drug-likeness (QED) is 0.569. The number of aryl methyl sites for hydroxylation is 1. The second-order valence-electron chi connectivity index (χ2n) is 7.18. The van der Waals surface area contributed by atoms with Gasteiger partial charge in [-0.3, -0.25) is 4.40 Å². The highest BCUT2D eigenvalue weighted by Crippen LogP contribution is 2.32. The van der Waals surface area contributed by atoms with E-state index in [-0.39, 0.29) is 0 Å². The minimum absolute atomic E-state index is 0.347. The van der Waals surface area contributed by atoms with Gasteiger partial charge in [-0.05, 0) is 32.4 Å². The van der Waals surface area contributed by atoms with Crippen molar-refractivity contribution in [3.8, 4) is 22.6 Å². The van der Waals surface area contributed by atoms with E-state index in [1.807, 2.05) is 16.7 Å². The van der Waals surface area contributed by atoms with E-state index >= 15 is 0 Å². The van der Waals surface area contributed by atoms with E-state index in [9.17, 15) is 0 Å². The van der Waals surface area contributed by atoms with Gasteiger partial charge < -0.3 is 15.1 Å². The molecule has 142 valence electrons. The fourth-order valence-electron chi connectivity index (χ4n) is 3.66. The predicted octanol–water partition coefficient (Wildman–Crippen LogP) is 3.52. The van der Waals surface area contributed by atoms with Gasteiger partial charge in [0.15, 0.2) is 0 Å². The molecule has 0 aliphatic carbocycles. The summed E-state index contributed by atoms with van der Waals surface area (Å²) in [6, 6.07) is 10.6. The van der Waals surface area contributed by atoms with Crippen LogP contribution in [0.25, 0.3) is 28.5 Å². The first-order valence-corrected chi connectivity index (χ1v) is 9.61. The zero-order valence-corrected chi connectivity index (χ0v) is 15.7. The molecular formula is C21H22N6O. The van der Waals surface area contributed by atoms with Crippen molar-refractivity contribution >= 4 is 11.8 Å². The standard InChI is InChI=1S/C21H22N6O/c1-14-4-6-15(7-5-14)18-19(27-11-12-28-21(27)26-18)17-8-10-23-20(25-17)24-16-3-2-9-22-13-16/h4-8,10-12,16,22H,2-3,9,13H2,1H3,(H,23,24,25). The molecule has 1 fully saturated rings. The molecule has 7 nitrogen and oxygen atoms in total. The van der Waals surface area contributed by atoms with Gasteiger partial charge in [-0.25, -0.2) is 9.97 Å². The van der Waals surface area contributed by atoms with Crippen molar-refractivity contribution in [1.82, 2.24) is 24.7 Å². The van der Waals surface area contributed by atoms with Crippen LogP contribution >= 0.6 is 0 Å². The molecule has 3 aromatic heterocycles. The maximum absolute atomic E-state index is 5.54. The third-order valence-corrected chi connectivity index (χ3v) is 5.12. The van der Waals surface area contributed by atoms with E-state index in [4.69, 9.17) is 14.4 Å². The number of benzene rings is 1. The van der Waals surface area contributed by atoms with Crippen LogP contribution in [-0.4, -0.2) is 38.5 Å². The first-order chi connectivity index (χ1) is 13.8. The molecule has 1 atom stereocenters. The van der Waals surface area contributed by atoms with Gasteiger partial charge in [0.25, 0.3) is 0 Å². The summed E-state index contributed by atoms with van der Waals surface area (Å²) in [5.74, 6) is 1.19. The molecule has 0 amide bonds. The Hall–Kier alpha value is -3.19. The van der Waals surface area contributed by atoms with Gasteiger partial charge in [-0.2, -0.15) is 4.98 Å². The Morgan fingerprint density at radius 1 is 1.18 bits per heavy atom. The van der Waals surface area contributed by atoms with E-state index in [0.29, 0.717) is 17.8 Å². The van der Waals surface area contributed by atoms with Crippen LogP contribution in [0.3, 0.4) is 0 Å². The lowest BCUT2D eigenvalue weighted by Crippen LogP contribution is -2.38. The number of oxazole rings is 1. The smallest absolute Gasteiger partial charge is 0.306 e. The number of imidazole rings is 1. The van der Waals surface area contributed by atoms with Gasteiger partial charge in [-0.1, -0.05) is 29.8 Å². The summed E-state index contributed by atoms with van der Waals surface area (Å²) in [5.41, 5.74) is 4.81. The van der Waals surface area contributed by atoms with Crippen LogP contribution in [-0.2, 0) is 0 Å². The summed E-state index contributed by atoms with van der Waals surface area (Å²) in [6.45, 7) is 4.08. The van der Waals surface area contributed by atoms with E-state index in [1.165, 1.54) is 5.56 Å². The average molecular weight is 374 g/mol. The summed E-state index contributed by atoms with van der Waals surface area (Å²) < 4.78 is 7.48. The lowest BCUT2D eigenvalue weighted by Gasteiger charge is -2.23. The summed E-state index contributed by atoms with van der Waals surface area (Å²) in [6.07, 6.45) is 7.58. The average Bonchev–Trinajstić information content (AvgIpc) is 3.31. The van der Waals surface area contributed by atoms with Crippen LogP contribution < -0.4 is 10.6 Å². The fraction of sp³-hybridized carbons (Fsp3) is 0.286. The number of nitrogens with zero attached hydrogens (tertiary/aromatic N) is 4. The molecule has 4 heterocycles. The van der Waals surface area contributed by atoms with Gasteiger partial charge in [-0.15, -0.1) is 0 Å². The molecule has 5 rings (SSSR count). The molecule has 7 heteroatoms. The van der Waals surface area contributed by atoms with Crippen molar-refractivity contribution in [2.75, 3.05) is 18.4 Å². The Labute approximate surface area is 162 Å². The Kier molecular flexibility index (Phi) is 4.29. The molecule has 1 aromatic carbocycles. The minimum atomic E-state index is 0.347. The number of anilines is 1. The zero-order valence-electron chi connectivity index (χ0n) is 15.7. The SMILES string of the molecule is Cc1ccc(-c2nc3occn3c2-c2ccnc(NC3CCCNC3)n2)cc1. The maximum atomic E-state index is 5.54. The molecular weight excluding hydrogens is 352 g/mol. The molecule has 0 spiro atoms. The van der Waals surface area contributed by atoms with Crippen molar-refractivity contribution in [2.45, 2.75) is 25.8 Å². The number of nitrogens with one attached hydrogen (secondary N) is 2. The summed E-state index contributed by atoms with van der Waals surface area (Å²) in [7, 11) is 0. The van der Waals surface area contributed by atoms with Crippen molar-refractivity contribution in [2.24, 2.45) is 0 Å². The highest BCUT2D eigenvalue weighted by Gasteiger charge is 2.20. The van der Waals surface area contributed by atoms with Crippen LogP contribution in [0.15, 0.2) is 53.4 Å². The van der Waals surface area contributed by atoms with Crippen LogP contribution in [0.5, 0.6) is 0 Å². The number of fused-ring (bicyclic) bond motifs is 1. The van der Waals surface area contributed by atoms with Crippen LogP contribution in [0.2, 0.25) is 0 Å². The number of rotatable bonds is 4. The molecule has 1 saturated heterocycles. The normalized spacial score (nSPS) is 17.1. The minimum Gasteiger partial charge on any atom is -0.432 e. The lowest BCUT2D eigenvalue weighted by molar-refractivity contribution is 0.478. The summed E-state index contributed by atoms with van der Waals surface area (Å²) in [4.78, 5) is 13.9. The molecule has 1 aliphatic rings. The number of aromatic nitrogens is 4. The first-order valence-electron chi connectivity index (χ1n) is 9.61. The summed E-state index contributed by atoms with van der Waals surface area (Å²) in [5, 5.41) is 6.86. The molecule has 1 aliphatic heterocycles. The van der Waals surface area contributed by atoms with Gasteiger partial charge in [0.2, 0.25) is 5.95 Å². The monoisotopic (exact) mass is 374 g/mol. The molecule has 0 saturated carbocycles. The molecule has 4 aromatic rings. The third-order valence-electron chi connectivity index (χ3n) is 5.12. The Balaban J connectivity index is 1.57. The van der Waals surface area contributed by atoms with E-state index in [1.54, 1.807) is 12.5 Å².